The molecular formula is C17H22ClFN4O3S. The summed E-state index contributed by atoms with van der Waals surface area (Å²) >= 11 is 6.26. The molecule has 0 bridgehead atoms. The highest BCUT2D eigenvalue weighted by Crippen LogP contribution is 2.31. The number of nitrogens with zero attached hydrogens (tertiary/aromatic N) is 3. The van der Waals surface area contributed by atoms with Crippen LogP contribution in [0.5, 0.6) is 0 Å². The molecule has 2 heterocycles. The topological polar surface area (TPSA) is 76.5 Å². The van der Waals surface area contributed by atoms with Gasteiger partial charge in [-0.3, -0.25) is 9.58 Å². The molecule has 0 saturated carbocycles. The van der Waals surface area contributed by atoms with Gasteiger partial charge in [0.1, 0.15) is 10.7 Å². The molecule has 10 heteroatoms. The number of ether oxygens (including phenoxy) is 1. The molecule has 7 nitrogen and oxygen atoms in total. The van der Waals surface area contributed by atoms with Gasteiger partial charge in [0, 0.05) is 43.5 Å². The summed E-state index contributed by atoms with van der Waals surface area (Å²) in [6.45, 7) is 3.48. The van der Waals surface area contributed by atoms with E-state index in [2.05, 4.69) is 9.82 Å². The van der Waals surface area contributed by atoms with Gasteiger partial charge in [-0.2, -0.15) is 5.10 Å². The molecule has 0 radical (unpaired) electrons. The molecule has 1 aliphatic heterocycles. The van der Waals surface area contributed by atoms with E-state index in [4.69, 9.17) is 16.3 Å². The summed E-state index contributed by atoms with van der Waals surface area (Å²) in [6, 6.07) is 3.90. The molecule has 1 aliphatic rings. The van der Waals surface area contributed by atoms with Gasteiger partial charge in [-0.15, -0.1) is 0 Å². The van der Waals surface area contributed by atoms with Crippen LogP contribution in [-0.4, -0.2) is 55.4 Å². The normalized spacial score (nSPS) is 19.9. The van der Waals surface area contributed by atoms with Crippen molar-refractivity contribution in [1.29, 1.82) is 0 Å². The molecule has 0 amide bonds. The Kier molecular flexibility index (Phi) is 6.17. The van der Waals surface area contributed by atoms with E-state index in [0.29, 0.717) is 19.7 Å². The van der Waals surface area contributed by atoms with Crippen LogP contribution in [0.4, 0.5) is 4.39 Å². The number of sulfonamides is 1. The summed E-state index contributed by atoms with van der Waals surface area (Å²) in [5, 5.41) is 4.15. The van der Waals surface area contributed by atoms with Crippen molar-refractivity contribution in [3.05, 3.63) is 47.0 Å². The van der Waals surface area contributed by atoms with E-state index in [0.717, 1.165) is 0 Å². The molecule has 0 spiro atoms. The zero-order chi connectivity index (χ0) is 19.6. The van der Waals surface area contributed by atoms with Crippen LogP contribution >= 0.6 is 11.6 Å². The number of hydrogen-bond acceptors (Lipinski definition) is 5. The maximum Gasteiger partial charge on any atom is 0.243 e. The van der Waals surface area contributed by atoms with E-state index in [9.17, 15) is 12.8 Å². The van der Waals surface area contributed by atoms with E-state index < -0.39 is 21.9 Å². The Labute approximate surface area is 163 Å². The molecule has 27 heavy (non-hydrogen) atoms. The minimum absolute atomic E-state index is 0.0232. The summed E-state index contributed by atoms with van der Waals surface area (Å²) in [5.41, 5.74) is 0.280. The summed E-state index contributed by atoms with van der Waals surface area (Å²) in [5.74, 6) is -0.466. The number of rotatable bonds is 6. The molecule has 1 aromatic heterocycles. The highest BCUT2D eigenvalue weighted by molar-refractivity contribution is 7.89. The lowest BCUT2D eigenvalue weighted by atomic mass is 10.0. The van der Waals surface area contributed by atoms with Gasteiger partial charge in [0.25, 0.3) is 0 Å². The molecule has 3 rings (SSSR count). The lowest BCUT2D eigenvalue weighted by Gasteiger charge is -2.38. The summed E-state index contributed by atoms with van der Waals surface area (Å²) in [7, 11) is -2.14. The van der Waals surface area contributed by atoms with Crippen molar-refractivity contribution in [3.63, 3.8) is 0 Å². The molecule has 1 aromatic carbocycles. The average molecular weight is 417 g/mol. The van der Waals surface area contributed by atoms with Crippen molar-refractivity contribution >= 4 is 21.6 Å². The molecule has 1 fully saturated rings. The van der Waals surface area contributed by atoms with Gasteiger partial charge in [-0.05, 0) is 19.1 Å². The van der Waals surface area contributed by atoms with Crippen molar-refractivity contribution in [3.8, 4) is 0 Å². The third-order valence-electron chi connectivity index (χ3n) is 4.50. The van der Waals surface area contributed by atoms with Gasteiger partial charge in [0.2, 0.25) is 10.0 Å². The van der Waals surface area contributed by atoms with Gasteiger partial charge in [0.05, 0.1) is 24.9 Å². The monoisotopic (exact) mass is 416 g/mol. The second-order valence-corrected chi connectivity index (χ2v) is 8.70. The first-order chi connectivity index (χ1) is 12.8. The quantitative estimate of drug-likeness (QED) is 0.778. The highest BCUT2D eigenvalue weighted by atomic mass is 35.5. The highest BCUT2D eigenvalue weighted by Gasteiger charge is 2.30. The standard InChI is InChI=1S/C17H22ClFN4O3S/c1-12-10-23(6-7-26-12)16(17-14(18)4-3-5-15(17)19)9-21-27(24,25)13-8-20-22(2)11-13/h3-5,8,11-12,16,21H,6-7,9-10H2,1-2H3/t12-,16-/m1/s1. The Morgan fingerprint density at radius 3 is 2.89 bits per heavy atom. The van der Waals surface area contributed by atoms with Gasteiger partial charge in [-0.25, -0.2) is 17.5 Å². The van der Waals surface area contributed by atoms with E-state index >= 15 is 0 Å². The number of morpholine rings is 1. The zero-order valence-corrected chi connectivity index (χ0v) is 16.7. The van der Waals surface area contributed by atoms with E-state index in [-0.39, 0.29) is 28.1 Å². The van der Waals surface area contributed by atoms with Crippen LogP contribution < -0.4 is 4.72 Å². The van der Waals surface area contributed by atoms with Gasteiger partial charge in [0.15, 0.2) is 0 Å². The molecule has 148 valence electrons. The van der Waals surface area contributed by atoms with E-state index in [1.54, 1.807) is 13.1 Å². The Hall–Kier alpha value is -1.52. The van der Waals surface area contributed by atoms with E-state index in [1.165, 1.54) is 29.2 Å². The lowest BCUT2D eigenvalue weighted by Crippen LogP contribution is -2.46. The van der Waals surface area contributed by atoms with Crippen molar-refractivity contribution in [2.45, 2.75) is 24.0 Å². The zero-order valence-electron chi connectivity index (χ0n) is 15.1. The van der Waals surface area contributed by atoms with Crippen LogP contribution in [-0.2, 0) is 21.8 Å². The first kappa shape index (κ1) is 20.2. The number of hydrogen-bond donors (Lipinski definition) is 1. The van der Waals surface area contributed by atoms with Crippen LogP contribution in [0.2, 0.25) is 5.02 Å². The molecule has 1 N–H and O–H groups in total. The molecular weight excluding hydrogens is 395 g/mol. The van der Waals surface area contributed by atoms with Gasteiger partial charge in [-0.1, -0.05) is 17.7 Å². The lowest BCUT2D eigenvalue weighted by molar-refractivity contribution is -0.0342. The molecule has 2 atom stereocenters. The summed E-state index contributed by atoms with van der Waals surface area (Å²) < 4.78 is 49.2. The van der Waals surface area contributed by atoms with Crippen LogP contribution in [0.15, 0.2) is 35.5 Å². The minimum Gasteiger partial charge on any atom is -0.376 e. The Morgan fingerprint density at radius 1 is 1.48 bits per heavy atom. The van der Waals surface area contributed by atoms with E-state index in [1.807, 2.05) is 11.8 Å². The molecule has 2 aromatic rings. The number of aromatic nitrogens is 2. The van der Waals surface area contributed by atoms with Crippen molar-refractivity contribution in [1.82, 2.24) is 19.4 Å². The van der Waals surface area contributed by atoms with Crippen LogP contribution in [0, 0.1) is 5.82 Å². The number of aryl methyl sites for hydroxylation is 1. The third kappa shape index (κ3) is 4.67. The number of benzene rings is 1. The van der Waals surface area contributed by atoms with Crippen LogP contribution in [0.3, 0.4) is 0 Å². The Bertz CT molecular complexity index is 885. The second kappa shape index (κ2) is 8.24. The van der Waals surface area contributed by atoms with Crippen LogP contribution in [0.1, 0.15) is 18.5 Å². The largest absolute Gasteiger partial charge is 0.376 e. The predicted octanol–water partition coefficient (Wildman–Crippen LogP) is 1.95. The maximum atomic E-state index is 14.6. The number of halogens is 2. The molecule has 1 saturated heterocycles. The predicted molar refractivity (Wildman–Crippen MR) is 99.5 cm³/mol. The summed E-state index contributed by atoms with van der Waals surface area (Å²) in [6.07, 6.45) is 2.63. The fourth-order valence-electron chi connectivity index (χ4n) is 3.18. The summed E-state index contributed by atoms with van der Waals surface area (Å²) in [4.78, 5) is 2.04. The Balaban J connectivity index is 1.88. The second-order valence-electron chi connectivity index (χ2n) is 6.53. The minimum atomic E-state index is -3.78. The molecule has 0 unspecified atom stereocenters. The van der Waals surface area contributed by atoms with Crippen molar-refractivity contribution in [2.75, 3.05) is 26.2 Å². The first-order valence-corrected chi connectivity index (χ1v) is 10.4. The fourth-order valence-corrected chi connectivity index (χ4v) is 4.49. The third-order valence-corrected chi connectivity index (χ3v) is 6.21. The first-order valence-electron chi connectivity index (χ1n) is 8.56. The maximum absolute atomic E-state index is 14.6. The van der Waals surface area contributed by atoms with Gasteiger partial charge < -0.3 is 4.74 Å². The number of nitrogens with one attached hydrogen (secondary N) is 1. The van der Waals surface area contributed by atoms with Gasteiger partial charge >= 0.3 is 0 Å². The smallest absolute Gasteiger partial charge is 0.243 e. The Morgan fingerprint density at radius 2 is 2.26 bits per heavy atom. The average Bonchev–Trinajstić information content (AvgIpc) is 3.05. The van der Waals surface area contributed by atoms with Crippen molar-refractivity contribution in [2.24, 2.45) is 7.05 Å². The molecule has 0 aliphatic carbocycles. The van der Waals surface area contributed by atoms with Crippen molar-refractivity contribution < 1.29 is 17.5 Å². The fraction of sp³-hybridized carbons (Fsp3) is 0.471. The SMILES string of the molecule is C[C@@H]1CN([C@H](CNS(=O)(=O)c2cnn(C)c2)c2c(F)cccc2Cl)CCO1. The van der Waals surface area contributed by atoms with Crippen LogP contribution in [0.25, 0.3) is 0 Å².